The molecular formula is C15H21N. The molecule has 0 amide bonds. The van der Waals surface area contributed by atoms with Crippen LogP contribution in [-0.4, -0.2) is 13.1 Å². The highest BCUT2D eigenvalue weighted by Crippen LogP contribution is 2.23. The van der Waals surface area contributed by atoms with E-state index in [2.05, 4.69) is 48.7 Å². The molecule has 1 heteroatoms. The van der Waals surface area contributed by atoms with Gasteiger partial charge in [-0.15, -0.1) is 6.58 Å². The number of allylic oxidation sites excluding steroid dienone is 1. The van der Waals surface area contributed by atoms with Gasteiger partial charge in [0.05, 0.1) is 0 Å². The molecule has 0 aliphatic carbocycles. The molecule has 1 unspecified atom stereocenters. The minimum absolute atomic E-state index is 0.717. The zero-order chi connectivity index (χ0) is 11.4. The summed E-state index contributed by atoms with van der Waals surface area (Å²) >= 11 is 0. The summed E-state index contributed by atoms with van der Waals surface area (Å²) in [5, 5.41) is 0. The quantitative estimate of drug-likeness (QED) is 0.678. The van der Waals surface area contributed by atoms with E-state index in [1.807, 2.05) is 0 Å². The Hall–Kier alpha value is -1.24. The van der Waals surface area contributed by atoms with Gasteiger partial charge in [0.1, 0.15) is 0 Å². The van der Waals surface area contributed by atoms with Crippen LogP contribution in [0.5, 0.6) is 0 Å². The third kappa shape index (κ3) is 2.66. The lowest BCUT2D eigenvalue weighted by atomic mass is 10.0. The number of aryl methyl sites for hydroxylation is 1. The Morgan fingerprint density at radius 3 is 2.94 bits per heavy atom. The first kappa shape index (κ1) is 11.3. The fourth-order valence-corrected chi connectivity index (χ4v) is 2.44. The van der Waals surface area contributed by atoms with Crippen molar-refractivity contribution in [2.45, 2.75) is 26.2 Å². The molecule has 1 aromatic rings. The summed E-state index contributed by atoms with van der Waals surface area (Å²) < 4.78 is 0. The molecule has 1 fully saturated rings. The Morgan fingerprint density at radius 1 is 1.31 bits per heavy atom. The van der Waals surface area contributed by atoms with Gasteiger partial charge in [0, 0.05) is 18.8 Å². The molecule has 0 spiro atoms. The van der Waals surface area contributed by atoms with E-state index in [9.17, 15) is 0 Å². The third-order valence-electron chi connectivity index (χ3n) is 3.47. The number of rotatable bonds is 2. The van der Waals surface area contributed by atoms with Crippen LogP contribution in [0.25, 0.3) is 0 Å². The van der Waals surface area contributed by atoms with E-state index in [1.165, 1.54) is 43.6 Å². The second-order valence-corrected chi connectivity index (χ2v) is 4.75. The van der Waals surface area contributed by atoms with Gasteiger partial charge in [0.2, 0.25) is 0 Å². The Balaban J connectivity index is 2.07. The van der Waals surface area contributed by atoms with Crippen molar-refractivity contribution in [1.29, 1.82) is 0 Å². The fourth-order valence-electron chi connectivity index (χ4n) is 2.44. The summed E-state index contributed by atoms with van der Waals surface area (Å²) in [4.78, 5) is 2.51. The van der Waals surface area contributed by atoms with Crippen LogP contribution in [0.1, 0.15) is 24.8 Å². The fraction of sp³-hybridized carbons (Fsp3) is 0.467. The number of anilines is 1. The Morgan fingerprint density at radius 2 is 2.19 bits per heavy atom. The van der Waals surface area contributed by atoms with Crippen molar-refractivity contribution in [2.24, 2.45) is 5.92 Å². The monoisotopic (exact) mass is 215 g/mol. The molecule has 0 aromatic heterocycles. The zero-order valence-corrected chi connectivity index (χ0v) is 10.2. The molecule has 86 valence electrons. The highest BCUT2D eigenvalue weighted by molar-refractivity contribution is 5.48. The Labute approximate surface area is 98.8 Å². The maximum atomic E-state index is 3.92. The normalized spacial score (nSPS) is 21.6. The van der Waals surface area contributed by atoms with Gasteiger partial charge in [-0.1, -0.05) is 18.2 Å². The molecule has 0 N–H and O–H groups in total. The van der Waals surface area contributed by atoms with E-state index in [1.54, 1.807) is 0 Å². The lowest BCUT2D eigenvalue weighted by molar-refractivity contribution is 0.579. The average Bonchev–Trinajstić information content (AvgIpc) is 2.54. The molecule has 1 saturated heterocycles. The first-order valence-electron chi connectivity index (χ1n) is 6.24. The van der Waals surface area contributed by atoms with Crippen molar-refractivity contribution < 1.29 is 0 Å². The molecule has 0 saturated carbocycles. The predicted octanol–water partition coefficient (Wildman–Crippen LogP) is 3.79. The summed E-state index contributed by atoms with van der Waals surface area (Å²) in [6.07, 6.45) is 5.95. The van der Waals surface area contributed by atoms with Gasteiger partial charge >= 0.3 is 0 Å². The van der Waals surface area contributed by atoms with Crippen molar-refractivity contribution >= 4 is 5.69 Å². The van der Waals surface area contributed by atoms with E-state index in [0.29, 0.717) is 0 Å². The smallest absolute Gasteiger partial charge is 0.0368 e. The molecule has 16 heavy (non-hydrogen) atoms. The van der Waals surface area contributed by atoms with Crippen LogP contribution < -0.4 is 4.90 Å². The molecule has 1 nitrogen and oxygen atoms in total. The molecule has 1 heterocycles. The van der Waals surface area contributed by atoms with Crippen LogP contribution in [0, 0.1) is 12.8 Å². The number of hydrogen-bond donors (Lipinski definition) is 0. The second-order valence-electron chi connectivity index (χ2n) is 4.75. The maximum absolute atomic E-state index is 3.92. The highest BCUT2D eigenvalue weighted by Gasteiger charge is 2.14. The summed E-state index contributed by atoms with van der Waals surface area (Å²) in [6.45, 7) is 8.44. The summed E-state index contributed by atoms with van der Waals surface area (Å²) in [7, 11) is 0. The minimum atomic E-state index is 0.717. The molecule has 2 rings (SSSR count). The standard InChI is InChI=1S/C15H21N/c1-3-14-7-5-10-16(11-9-14)15-8-4-6-13(2)12-15/h3-4,6,8,12,14H,1,5,7,9-11H2,2H3. The van der Waals surface area contributed by atoms with E-state index in [-0.39, 0.29) is 0 Å². The van der Waals surface area contributed by atoms with Crippen molar-refractivity contribution in [3.05, 3.63) is 42.5 Å². The third-order valence-corrected chi connectivity index (χ3v) is 3.47. The van der Waals surface area contributed by atoms with Crippen LogP contribution in [0.15, 0.2) is 36.9 Å². The van der Waals surface area contributed by atoms with Crippen molar-refractivity contribution in [2.75, 3.05) is 18.0 Å². The van der Waals surface area contributed by atoms with Gasteiger partial charge in [-0.25, -0.2) is 0 Å². The SMILES string of the molecule is C=CC1CCCN(c2cccc(C)c2)CC1. The number of benzene rings is 1. The van der Waals surface area contributed by atoms with Crippen LogP contribution in [0.2, 0.25) is 0 Å². The van der Waals surface area contributed by atoms with Gasteiger partial charge in [-0.2, -0.15) is 0 Å². The first-order chi connectivity index (χ1) is 7.79. The molecule has 1 atom stereocenters. The van der Waals surface area contributed by atoms with Crippen LogP contribution >= 0.6 is 0 Å². The van der Waals surface area contributed by atoms with Gasteiger partial charge in [0.15, 0.2) is 0 Å². The molecule has 1 aliphatic rings. The molecule has 0 bridgehead atoms. The summed E-state index contributed by atoms with van der Waals surface area (Å²) in [6, 6.07) is 8.82. The Bertz CT molecular complexity index is 356. The predicted molar refractivity (Wildman–Crippen MR) is 70.9 cm³/mol. The lowest BCUT2D eigenvalue weighted by Crippen LogP contribution is -2.24. The van der Waals surface area contributed by atoms with E-state index < -0.39 is 0 Å². The van der Waals surface area contributed by atoms with Crippen molar-refractivity contribution in [1.82, 2.24) is 0 Å². The topological polar surface area (TPSA) is 3.24 Å². The molecular weight excluding hydrogens is 194 g/mol. The maximum Gasteiger partial charge on any atom is 0.0368 e. The van der Waals surface area contributed by atoms with E-state index in [0.717, 1.165) is 5.92 Å². The summed E-state index contributed by atoms with van der Waals surface area (Å²) in [5.74, 6) is 0.717. The molecule has 1 aliphatic heterocycles. The largest absolute Gasteiger partial charge is 0.372 e. The van der Waals surface area contributed by atoms with Crippen molar-refractivity contribution in [3.63, 3.8) is 0 Å². The zero-order valence-electron chi connectivity index (χ0n) is 10.2. The lowest BCUT2D eigenvalue weighted by Gasteiger charge is -2.23. The summed E-state index contributed by atoms with van der Waals surface area (Å²) in [5.41, 5.74) is 2.73. The van der Waals surface area contributed by atoms with Gasteiger partial charge in [-0.3, -0.25) is 0 Å². The van der Waals surface area contributed by atoms with Gasteiger partial charge < -0.3 is 4.90 Å². The number of hydrogen-bond acceptors (Lipinski definition) is 1. The molecule has 1 aromatic carbocycles. The van der Waals surface area contributed by atoms with Gasteiger partial charge in [0.25, 0.3) is 0 Å². The Kier molecular flexibility index (Phi) is 3.66. The van der Waals surface area contributed by atoms with E-state index in [4.69, 9.17) is 0 Å². The van der Waals surface area contributed by atoms with Crippen LogP contribution in [0.4, 0.5) is 5.69 Å². The van der Waals surface area contributed by atoms with Crippen molar-refractivity contribution in [3.8, 4) is 0 Å². The van der Waals surface area contributed by atoms with Gasteiger partial charge in [-0.05, 0) is 49.8 Å². The minimum Gasteiger partial charge on any atom is -0.372 e. The highest BCUT2D eigenvalue weighted by atomic mass is 15.1. The second kappa shape index (κ2) is 5.20. The van der Waals surface area contributed by atoms with Crippen LogP contribution in [-0.2, 0) is 0 Å². The first-order valence-corrected chi connectivity index (χ1v) is 6.24. The number of nitrogens with zero attached hydrogens (tertiary/aromatic N) is 1. The van der Waals surface area contributed by atoms with E-state index >= 15 is 0 Å². The van der Waals surface area contributed by atoms with Crippen LogP contribution in [0.3, 0.4) is 0 Å². The molecule has 0 radical (unpaired) electrons. The average molecular weight is 215 g/mol.